The fourth-order valence-electron chi connectivity index (χ4n) is 3.48. The third-order valence-electron chi connectivity index (χ3n) is 4.96. The molecule has 2 aliphatic rings. The van der Waals surface area contributed by atoms with Gasteiger partial charge in [0.15, 0.2) is 0 Å². The molecule has 2 saturated carbocycles. The van der Waals surface area contributed by atoms with Crippen molar-refractivity contribution in [3.63, 3.8) is 0 Å². The maximum absolute atomic E-state index is 12.6. The van der Waals surface area contributed by atoms with Crippen LogP contribution in [0.2, 0.25) is 0 Å². The highest BCUT2D eigenvalue weighted by molar-refractivity contribution is 5.83. The number of nitrogens with one attached hydrogen (secondary N) is 1. The highest BCUT2D eigenvalue weighted by Crippen LogP contribution is 2.39. The van der Waals surface area contributed by atoms with Crippen molar-refractivity contribution in [2.75, 3.05) is 6.54 Å². The van der Waals surface area contributed by atoms with Gasteiger partial charge in [-0.15, -0.1) is 0 Å². The van der Waals surface area contributed by atoms with E-state index in [4.69, 9.17) is 5.73 Å². The fraction of sp³-hybridized carbons (Fsp3) is 0.929. The lowest BCUT2D eigenvalue weighted by Crippen LogP contribution is -2.49. The van der Waals surface area contributed by atoms with Crippen LogP contribution in [-0.4, -0.2) is 24.7 Å². The van der Waals surface area contributed by atoms with Gasteiger partial charge in [-0.3, -0.25) is 4.79 Å². The van der Waals surface area contributed by atoms with Crippen LogP contribution in [0.4, 0.5) is 13.2 Å². The van der Waals surface area contributed by atoms with Crippen molar-refractivity contribution < 1.29 is 18.0 Å². The Hall–Kier alpha value is -0.780. The summed E-state index contributed by atoms with van der Waals surface area (Å²) in [5.74, 6) is -1.25. The fourth-order valence-corrected chi connectivity index (χ4v) is 3.48. The average Bonchev–Trinajstić information content (AvgIpc) is 2.88. The highest BCUT2D eigenvalue weighted by Gasteiger charge is 2.43. The summed E-state index contributed by atoms with van der Waals surface area (Å²) in [6.07, 6.45) is 0.567. The first-order chi connectivity index (χ1) is 9.37. The molecule has 20 heavy (non-hydrogen) atoms. The number of halogens is 3. The molecule has 0 aromatic heterocycles. The lowest BCUT2D eigenvalue weighted by Gasteiger charge is -2.33. The lowest BCUT2D eigenvalue weighted by molar-refractivity contribution is -0.182. The molecule has 6 heteroatoms. The van der Waals surface area contributed by atoms with E-state index in [9.17, 15) is 18.0 Å². The first kappa shape index (κ1) is 15.6. The molecule has 0 heterocycles. The van der Waals surface area contributed by atoms with E-state index in [0.717, 1.165) is 25.7 Å². The van der Waals surface area contributed by atoms with E-state index >= 15 is 0 Å². The molecule has 3 N–H and O–H groups in total. The van der Waals surface area contributed by atoms with Gasteiger partial charge in [0.25, 0.3) is 0 Å². The number of carbonyl (C=O) groups is 1. The van der Waals surface area contributed by atoms with E-state index in [1.165, 1.54) is 0 Å². The summed E-state index contributed by atoms with van der Waals surface area (Å²) < 4.78 is 37.8. The van der Waals surface area contributed by atoms with Crippen molar-refractivity contribution >= 4 is 5.91 Å². The van der Waals surface area contributed by atoms with E-state index in [2.05, 4.69) is 5.32 Å². The van der Waals surface area contributed by atoms with Crippen molar-refractivity contribution in [1.82, 2.24) is 5.32 Å². The molecule has 0 aromatic rings. The summed E-state index contributed by atoms with van der Waals surface area (Å²) in [5.41, 5.74) is 5.27. The van der Waals surface area contributed by atoms with Gasteiger partial charge in [-0.25, -0.2) is 0 Å². The Bertz CT molecular complexity index is 343. The van der Waals surface area contributed by atoms with Crippen molar-refractivity contribution in [1.29, 1.82) is 0 Å². The van der Waals surface area contributed by atoms with Crippen LogP contribution in [0.25, 0.3) is 0 Å². The Morgan fingerprint density at radius 2 is 1.70 bits per heavy atom. The second kappa shape index (κ2) is 5.92. The molecule has 0 aromatic carbocycles. The SMILES string of the molecule is NCC1(C(=O)NC2CCC(C(F)(F)F)CC2)CCCC1. The van der Waals surface area contributed by atoms with Gasteiger partial charge in [0.1, 0.15) is 0 Å². The Kier molecular flexibility index (Phi) is 4.62. The molecule has 0 aliphatic heterocycles. The van der Waals surface area contributed by atoms with Gasteiger partial charge < -0.3 is 11.1 Å². The number of carbonyl (C=O) groups excluding carboxylic acids is 1. The Morgan fingerprint density at radius 1 is 1.15 bits per heavy atom. The van der Waals surface area contributed by atoms with Crippen LogP contribution in [0.5, 0.6) is 0 Å². The first-order valence-electron chi connectivity index (χ1n) is 7.45. The van der Waals surface area contributed by atoms with E-state index in [1.807, 2.05) is 0 Å². The molecule has 0 atom stereocenters. The number of rotatable bonds is 3. The first-order valence-corrected chi connectivity index (χ1v) is 7.45. The quantitative estimate of drug-likeness (QED) is 0.840. The van der Waals surface area contributed by atoms with E-state index in [-0.39, 0.29) is 24.8 Å². The zero-order chi connectivity index (χ0) is 14.8. The second-order valence-electron chi connectivity index (χ2n) is 6.26. The van der Waals surface area contributed by atoms with Gasteiger partial charge in [-0.1, -0.05) is 12.8 Å². The molecular formula is C14H23F3N2O. The molecular weight excluding hydrogens is 269 g/mol. The standard InChI is InChI=1S/C14H23F3N2O/c15-14(16,17)10-3-5-11(6-4-10)19-12(20)13(9-18)7-1-2-8-13/h10-11H,1-9,18H2,(H,19,20). The normalized spacial score (nSPS) is 30.2. The number of alkyl halides is 3. The maximum Gasteiger partial charge on any atom is 0.391 e. The predicted molar refractivity (Wildman–Crippen MR) is 69.9 cm³/mol. The monoisotopic (exact) mass is 292 g/mol. The molecule has 3 nitrogen and oxygen atoms in total. The largest absolute Gasteiger partial charge is 0.391 e. The summed E-state index contributed by atoms with van der Waals surface area (Å²) in [7, 11) is 0. The highest BCUT2D eigenvalue weighted by atomic mass is 19.4. The topological polar surface area (TPSA) is 55.1 Å². The van der Waals surface area contributed by atoms with Gasteiger partial charge in [0.2, 0.25) is 5.91 Å². The maximum atomic E-state index is 12.6. The molecule has 0 bridgehead atoms. The summed E-state index contributed by atoms with van der Waals surface area (Å²) >= 11 is 0. The zero-order valence-electron chi connectivity index (χ0n) is 11.6. The van der Waals surface area contributed by atoms with Gasteiger partial charge in [-0.05, 0) is 38.5 Å². The van der Waals surface area contributed by atoms with Gasteiger partial charge in [0, 0.05) is 12.6 Å². The number of hydrogen-bond acceptors (Lipinski definition) is 2. The van der Waals surface area contributed by atoms with Crippen LogP contribution < -0.4 is 11.1 Å². The minimum atomic E-state index is -4.10. The smallest absolute Gasteiger partial charge is 0.353 e. The Morgan fingerprint density at radius 3 is 2.15 bits per heavy atom. The van der Waals surface area contributed by atoms with E-state index in [1.54, 1.807) is 0 Å². The molecule has 0 unspecified atom stereocenters. The summed E-state index contributed by atoms with van der Waals surface area (Å²) in [5, 5.41) is 2.94. The molecule has 0 radical (unpaired) electrons. The lowest BCUT2D eigenvalue weighted by atomic mass is 9.82. The molecule has 116 valence electrons. The Balaban J connectivity index is 1.85. The number of nitrogens with two attached hydrogens (primary N) is 1. The summed E-state index contributed by atoms with van der Waals surface area (Å²) in [4.78, 5) is 12.3. The van der Waals surface area contributed by atoms with Gasteiger partial charge >= 0.3 is 6.18 Å². The zero-order valence-corrected chi connectivity index (χ0v) is 11.6. The molecule has 2 fully saturated rings. The molecule has 2 rings (SSSR count). The average molecular weight is 292 g/mol. The summed E-state index contributed by atoms with van der Waals surface area (Å²) in [6, 6.07) is -0.120. The Labute approximate surface area is 117 Å². The second-order valence-corrected chi connectivity index (χ2v) is 6.26. The van der Waals surface area contributed by atoms with Crippen LogP contribution in [-0.2, 0) is 4.79 Å². The van der Waals surface area contributed by atoms with E-state index < -0.39 is 17.5 Å². The third kappa shape index (κ3) is 3.27. The molecule has 0 spiro atoms. The summed E-state index contributed by atoms with van der Waals surface area (Å²) in [6.45, 7) is 0.330. The van der Waals surface area contributed by atoms with Crippen LogP contribution in [0.3, 0.4) is 0 Å². The van der Waals surface area contributed by atoms with Crippen molar-refractivity contribution in [2.24, 2.45) is 17.1 Å². The van der Waals surface area contributed by atoms with Gasteiger partial charge in [-0.2, -0.15) is 13.2 Å². The molecule has 0 saturated heterocycles. The predicted octanol–water partition coefficient (Wildman–Crippen LogP) is 2.74. The van der Waals surface area contributed by atoms with Crippen molar-refractivity contribution in [3.05, 3.63) is 0 Å². The van der Waals surface area contributed by atoms with Crippen molar-refractivity contribution in [2.45, 2.75) is 63.6 Å². The van der Waals surface area contributed by atoms with E-state index in [0.29, 0.717) is 19.4 Å². The molecule has 1 amide bonds. The van der Waals surface area contributed by atoms with Crippen LogP contribution in [0.15, 0.2) is 0 Å². The van der Waals surface area contributed by atoms with Crippen LogP contribution in [0, 0.1) is 11.3 Å². The number of hydrogen-bond donors (Lipinski definition) is 2. The van der Waals surface area contributed by atoms with Crippen LogP contribution in [0.1, 0.15) is 51.4 Å². The minimum Gasteiger partial charge on any atom is -0.353 e. The molecule has 2 aliphatic carbocycles. The number of amides is 1. The van der Waals surface area contributed by atoms with Crippen molar-refractivity contribution in [3.8, 4) is 0 Å². The van der Waals surface area contributed by atoms with Crippen LogP contribution >= 0.6 is 0 Å². The van der Waals surface area contributed by atoms with Gasteiger partial charge in [0.05, 0.1) is 11.3 Å². The third-order valence-corrected chi connectivity index (χ3v) is 4.96. The minimum absolute atomic E-state index is 0.0482.